The van der Waals surface area contributed by atoms with Crippen LogP contribution < -0.4 is 5.32 Å². The average Bonchev–Trinajstić information content (AvgIpc) is 2.55. The molecule has 2 rings (SSSR count). The Hall–Kier alpha value is -2.56. The number of hydrogen-bond acceptors (Lipinski definition) is 3. The van der Waals surface area contributed by atoms with Crippen LogP contribution in [0.5, 0.6) is 0 Å². The number of amides is 2. The Labute approximate surface area is 130 Å². The first kappa shape index (κ1) is 15.8. The van der Waals surface area contributed by atoms with Crippen LogP contribution in [0.3, 0.4) is 0 Å². The van der Waals surface area contributed by atoms with Crippen molar-refractivity contribution in [2.24, 2.45) is 0 Å². The topological polar surface area (TPSA) is 58.6 Å². The van der Waals surface area contributed by atoms with Crippen molar-refractivity contribution in [3.05, 3.63) is 54.8 Å². The number of carbonyl (C=O) groups is 2. The van der Waals surface area contributed by atoms with Crippen molar-refractivity contribution in [2.45, 2.75) is 25.3 Å². The maximum Gasteiger partial charge on any atom is 0.413 e. The highest BCUT2D eigenvalue weighted by Gasteiger charge is 2.28. The van der Waals surface area contributed by atoms with E-state index >= 15 is 0 Å². The van der Waals surface area contributed by atoms with Gasteiger partial charge in [0.15, 0.2) is 0 Å². The Bertz CT molecular complexity index is 581. The molecular formula is C17H20N2O3. The normalized spacial score (nSPS) is 17.4. The fraction of sp³-hybridized carbons (Fsp3) is 0.294. The van der Waals surface area contributed by atoms with Crippen molar-refractivity contribution in [1.82, 2.24) is 4.90 Å². The molecule has 0 aliphatic carbocycles. The second-order valence-corrected chi connectivity index (χ2v) is 5.07. The molecule has 22 heavy (non-hydrogen) atoms. The van der Waals surface area contributed by atoms with E-state index in [1.807, 2.05) is 30.3 Å². The van der Waals surface area contributed by atoms with E-state index in [0.29, 0.717) is 24.8 Å². The summed E-state index contributed by atoms with van der Waals surface area (Å²) in [4.78, 5) is 25.7. The largest absolute Gasteiger partial charge is 0.452 e. The lowest BCUT2D eigenvalue weighted by molar-refractivity contribution is -0.113. The first-order chi connectivity index (χ1) is 10.7. The third-order valence-corrected chi connectivity index (χ3v) is 3.58. The third-order valence-electron chi connectivity index (χ3n) is 3.58. The highest BCUT2D eigenvalue weighted by atomic mass is 16.5. The van der Waals surface area contributed by atoms with Gasteiger partial charge in [-0.15, -0.1) is 6.58 Å². The number of carbonyl (C=O) groups excluding carboxylic acids is 2. The molecule has 1 aliphatic heterocycles. The second kappa shape index (κ2) is 7.45. The van der Waals surface area contributed by atoms with Gasteiger partial charge in [-0.3, -0.25) is 9.69 Å². The van der Waals surface area contributed by atoms with E-state index in [-0.39, 0.29) is 11.9 Å². The molecule has 0 bridgehead atoms. The fourth-order valence-electron chi connectivity index (χ4n) is 2.44. The van der Waals surface area contributed by atoms with Crippen LogP contribution in [0.4, 0.5) is 10.5 Å². The standard InChI is InChI=1S/C17H20N2O3/c1-3-7-15-11-10-13(12-19(15)17(21)22-2)16(20)18-14-8-5-4-6-9-14/h3-6,8-9,12,15H,1,7,10-11H2,2H3,(H,18,20)/t15-/m0/s1. The van der Waals surface area contributed by atoms with Crippen LogP contribution in [0.25, 0.3) is 0 Å². The summed E-state index contributed by atoms with van der Waals surface area (Å²) in [6, 6.07) is 9.21. The summed E-state index contributed by atoms with van der Waals surface area (Å²) in [7, 11) is 1.33. The highest BCUT2D eigenvalue weighted by Crippen LogP contribution is 2.25. The molecule has 1 atom stereocenters. The minimum absolute atomic E-state index is 0.0155. The van der Waals surface area contributed by atoms with Crippen molar-refractivity contribution in [2.75, 3.05) is 12.4 Å². The lowest BCUT2D eigenvalue weighted by atomic mass is 9.97. The lowest BCUT2D eigenvalue weighted by Gasteiger charge is -2.31. The Kier molecular flexibility index (Phi) is 5.36. The molecule has 0 saturated carbocycles. The summed E-state index contributed by atoms with van der Waals surface area (Å²) in [5.74, 6) is -0.197. The molecule has 1 N–H and O–H groups in total. The molecule has 1 aromatic rings. The zero-order chi connectivity index (χ0) is 15.9. The first-order valence-corrected chi connectivity index (χ1v) is 7.20. The van der Waals surface area contributed by atoms with E-state index < -0.39 is 6.09 Å². The van der Waals surface area contributed by atoms with Crippen molar-refractivity contribution in [3.63, 3.8) is 0 Å². The molecule has 5 heteroatoms. The number of para-hydroxylation sites is 1. The number of ether oxygens (including phenoxy) is 1. The first-order valence-electron chi connectivity index (χ1n) is 7.20. The maximum atomic E-state index is 12.3. The molecule has 0 radical (unpaired) electrons. The highest BCUT2D eigenvalue weighted by molar-refractivity contribution is 6.04. The molecule has 116 valence electrons. The van der Waals surface area contributed by atoms with Crippen molar-refractivity contribution in [1.29, 1.82) is 0 Å². The molecule has 0 unspecified atom stereocenters. The van der Waals surface area contributed by atoms with Crippen LogP contribution in [0.15, 0.2) is 54.8 Å². The quantitative estimate of drug-likeness (QED) is 0.868. The number of nitrogens with zero attached hydrogens (tertiary/aromatic N) is 1. The average molecular weight is 300 g/mol. The van der Waals surface area contributed by atoms with E-state index in [9.17, 15) is 9.59 Å². The van der Waals surface area contributed by atoms with Crippen LogP contribution in [0.1, 0.15) is 19.3 Å². The molecule has 2 amide bonds. The molecule has 0 saturated heterocycles. The Balaban J connectivity index is 2.14. The van der Waals surface area contributed by atoms with Crippen molar-refractivity contribution in [3.8, 4) is 0 Å². The third kappa shape index (κ3) is 3.75. The number of nitrogens with one attached hydrogen (secondary N) is 1. The molecule has 5 nitrogen and oxygen atoms in total. The summed E-state index contributed by atoms with van der Waals surface area (Å²) in [6.07, 6.45) is 4.88. The predicted octanol–water partition coefficient (Wildman–Crippen LogP) is 3.32. The van der Waals surface area contributed by atoms with Crippen molar-refractivity contribution >= 4 is 17.7 Å². The summed E-state index contributed by atoms with van der Waals surface area (Å²) in [5.41, 5.74) is 1.29. The minimum atomic E-state index is -0.462. The van der Waals surface area contributed by atoms with E-state index in [2.05, 4.69) is 11.9 Å². The van der Waals surface area contributed by atoms with Gasteiger partial charge in [0.05, 0.1) is 7.11 Å². The number of methoxy groups -OCH3 is 1. The van der Waals surface area contributed by atoms with Gasteiger partial charge in [-0.2, -0.15) is 0 Å². The molecule has 1 heterocycles. The number of hydrogen-bond donors (Lipinski definition) is 1. The summed E-state index contributed by atoms with van der Waals surface area (Å²) >= 11 is 0. The van der Waals surface area contributed by atoms with Gasteiger partial charge in [-0.1, -0.05) is 24.3 Å². The molecule has 0 aromatic heterocycles. The van der Waals surface area contributed by atoms with Gasteiger partial charge >= 0.3 is 6.09 Å². The van der Waals surface area contributed by atoms with Gasteiger partial charge < -0.3 is 10.1 Å². The number of benzene rings is 1. The molecule has 0 fully saturated rings. The van der Waals surface area contributed by atoms with Gasteiger partial charge in [0, 0.05) is 23.5 Å². The summed E-state index contributed by atoms with van der Waals surface area (Å²) < 4.78 is 4.79. The zero-order valence-electron chi connectivity index (χ0n) is 12.6. The molecular weight excluding hydrogens is 280 g/mol. The molecule has 1 aromatic carbocycles. The summed E-state index contributed by atoms with van der Waals surface area (Å²) in [5, 5.41) is 2.83. The van der Waals surface area contributed by atoms with Crippen LogP contribution in [0, 0.1) is 0 Å². The van der Waals surface area contributed by atoms with Gasteiger partial charge in [0.2, 0.25) is 0 Å². The molecule has 0 spiro atoms. The van der Waals surface area contributed by atoms with Gasteiger partial charge in [0.25, 0.3) is 5.91 Å². The van der Waals surface area contributed by atoms with Gasteiger partial charge in [0.1, 0.15) is 0 Å². The number of rotatable bonds is 4. The predicted molar refractivity (Wildman–Crippen MR) is 85.2 cm³/mol. The van der Waals surface area contributed by atoms with Crippen molar-refractivity contribution < 1.29 is 14.3 Å². The maximum absolute atomic E-state index is 12.3. The lowest BCUT2D eigenvalue weighted by Crippen LogP contribution is -2.39. The van der Waals surface area contributed by atoms with E-state index in [1.54, 1.807) is 12.3 Å². The molecule has 1 aliphatic rings. The van der Waals surface area contributed by atoms with Crippen LogP contribution >= 0.6 is 0 Å². The van der Waals surface area contributed by atoms with E-state index in [4.69, 9.17) is 4.74 Å². The minimum Gasteiger partial charge on any atom is -0.452 e. The van der Waals surface area contributed by atoms with Gasteiger partial charge in [-0.25, -0.2) is 4.79 Å². The van der Waals surface area contributed by atoms with E-state index in [0.717, 1.165) is 5.69 Å². The smallest absolute Gasteiger partial charge is 0.413 e. The fourth-order valence-corrected chi connectivity index (χ4v) is 2.44. The second-order valence-electron chi connectivity index (χ2n) is 5.07. The SMILES string of the molecule is C=CC[C@H]1CCC(C(=O)Nc2ccccc2)=CN1C(=O)OC. The Morgan fingerprint density at radius 1 is 1.41 bits per heavy atom. The van der Waals surface area contributed by atoms with Gasteiger partial charge in [-0.05, 0) is 31.4 Å². The monoisotopic (exact) mass is 300 g/mol. The van der Waals surface area contributed by atoms with Crippen LogP contribution in [-0.2, 0) is 9.53 Å². The number of anilines is 1. The zero-order valence-corrected chi connectivity index (χ0v) is 12.6. The van der Waals surface area contributed by atoms with E-state index in [1.165, 1.54) is 12.0 Å². The van der Waals surface area contributed by atoms with Crippen LogP contribution in [-0.4, -0.2) is 30.1 Å². The summed E-state index contributed by atoms with van der Waals surface area (Å²) in [6.45, 7) is 3.71. The van der Waals surface area contributed by atoms with Crippen LogP contribution in [0.2, 0.25) is 0 Å². The Morgan fingerprint density at radius 2 is 2.14 bits per heavy atom. The Morgan fingerprint density at radius 3 is 2.77 bits per heavy atom.